The van der Waals surface area contributed by atoms with E-state index in [1.54, 1.807) is 0 Å². The summed E-state index contributed by atoms with van der Waals surface area (Å²) in [6, 6.07) is 0. The van der Waals surface area contributed by atoms with E-state index in [1.165, 1.54) is 0 Å². The van der Waals surface area contributed by atoms with Crippen LogP contribution in [0, 0.1) is 52.4 Å². The van der Waals surface area contributed by atoms with Gasteiger partial charge in [-0.25, -0.2) is 39.5 Å². The predicted molar refractivity (Wildman–Crippen MR) is 93.7 cm³/mol. The fraction of sp³-hybridized carbons (Fsp3) is 0.300. The number of hydrogen-bond donors (Lipinski definition) is 1. The van der Waals surface area contributed by atoms with E-state index in [1.807, 2.05) is 6.92 Å². The van der Waals surface area contributed by atoms with Gasteiger partial charge >= 0.3 is 0 Å². The van der Waals surface area contributed by atoms with Crippen molar-refractivity contribution in [3.63, 3.8) is 0 Å². The molecule has 0 saturated carbocycles. The highest BCUT2D eigenvalue weighted by molar-refractivity contribution is 6.06. The minimum Gasteiger partial charge on any atom is -0.382 e. The molecule has 0 aliphatic carbocycles. The number of hydrogen-bond acceptors (Lipinski definition) is 1. The van der Waals surface area contributed by atoms with Crippen LogP contribution in [0.4, 0.5) is 45.2 Å². The fourth-order valence-corrected chi connectivity index (χ4v) is 3.31. The average Bonchev–Trinajstić information content (AvgIpc) is 2.72. The maximum atomic E-state index is 15.0. The Hall–Kier alpha value is -2.65. The van der Waals surface area contributed by atoms with Crippen LogP contribution >= 0.6 is 0 Å². The van der Waals surface area contributed by atoms with E-state index in [0.717, 1.165) is 12.8 Å². The van der Waals surface area contributed by atoms with Gasteiger partial charge in [0.15, 0.2) is 40.7 Å². The molecule has 162 valence electrons. The molecular formula is C20H14F9N. The van der Waals surface area contributed by atoms with Gasteiger partial charge in [0.1, 0.15) is 11.6 Å². The van der Waals surface area contributed by atoms with Crippen LogP contribution in [-0.4, -0.2) is 6.54 Å². The normalized spacial score (nSPS) is 11.7. The highest BCUT2D eigenvalue weighted by atomic mass is 19.2. The van der Waals surface area contributed by atoms with Crippen molar-refractivity contribution in [2.45, 2.75) is 32.6 Å². The maximum absolute atomic E-state index is 15.0. The van der Waals surface area contributed by atoms with Crippen molar-refractivity contribution in [2.75, 3.05) is 11.9 Å². The van der Waals surface area contributed by atoms with Gasteiger partial charge in [-0.1, -0.05) is 26.2 Å². The summed E-state index contributed by atoms with van der Waals surface area (Å²) in [5.74, 6) is -19.9. The van der Waals surface area contributed by atoms with Crippen LogP contribution in [-0.2, 0) is 0 Å². The molecule has 0 aromatic heterocycles. The van der Waals surface area contributed by atoms with E-state index >= 15 is 4.39 Å². The minimum atomic E-state index is -2.46. The molecule has 1 nitrogen and oxygen atoms in total. The number of benzene rings is 3. The minimum absolute atomic E-state index is 0.0647. The Kier molecular flexibility index (Phi) is 6.05. The van der Waals surface area contributed by atoms with Crippen LogP contribution in [0.3, 0.4) is 0 Å². The maximum Gasteiger partial charge on any atom is 0.198 e. The third-order valence-corrected chi connectivity index (χ3v) is 4.80. The Bertz CT molecular complexity index is 1160. The van der Waals surface area contributed by atoms with Crippen molar-refractivity contribution in [3.8, 4) is 0 Å². The van der Waals surface area contributed by atoms with Crippen LogP contribution in [0.2, 0.25) is 0 Å². The summed E-state index contributed by atoms with van der Waals surface area (Å²) in [6.45, 7) is 1.85. The Morgan fingerprint density at radius 2 is 0.900 bits per heavy atom. The standard InChI is InChI=1S/C20H14F9N/c1-2-3-4-5-6-30-20-10-9(15(25)18(28)19(20)29)11(21)7-8(12(10)22)14(24)17(27)16(26)13(7)23/h30H,2-6H2,1H3. The second-order valence-corrected chi connectivity index (χ2v) is 6.69. The van der Waals surface area contributed by atoms with Gasteiger partial charge in [-0.3, -0.25) is 0 Å². The second kappa shape index (κ2) is 8.23. The van der Waals surface area contributed by atoms with Gasteiger partial charge in [-0.15, -0.1) is 0 Å². The predicted octanol–water partition coefficient (Wildman–Crippen LogP) is 7.24. The molecule has 0 aliphatic heterocycles. The van der Waals surface area contributed by atoms with Crippen LogP contribution in [0.25, 0.3) is 21.5 Å². The number of fused-ring (bicyclic) bond motifs is 2. The van der Waals surface area contributed by atoms with Crippen molar-refractivity contribution in [2.24, 2.45) is 0 Å². The zero-order valence-corrected chi connectivity index (χ0v) is 15.4. The van der Waals surface area contributed by atoms with Gasteiger partial charge in [-0.2, -0.15) is 0 Å². The lowest BCUT2D eigenvalue weighted by Gasteiger charge is -2.16. The molecule has 0 saturated heterocycles. The van der Waals surface area contributed by atoms with E-state index in [-0.39, 0.29) is 6.54 Å². The van der Waals surface area contributed by atoms with E-state index < -0.39 is 79.6 Å². The van der Waals surface area contributed by atoms with E-state index in [4.69, 9.17) is 0 Å². The molecule has 3 aromatic carbocycles. The third-order valence-electron chi connectivity index (χ3n) is 4.80. The zero-order chi connectivity index (χ0) is 22.3. The number of unbranched alkanes of at least 4 members (excludes halogenated alkanes) is 3. The Morgan fingerprint density at radius 3 is 1.40 bits per heavy atom. The first-order valence-electron chi connectivity index (χ1n) is 9.01. The molecule has 0 atom stereocenters. The topological polar surface area (TPSA) is 12.0 Å². The first kappa shape index (κ1) is 22.0. The Labute approximate surface area is 164 Å². The largest absolute Gasteiger partial charge is 0.382 e. The molecule has 0 fully saturated rings. The van der Waals surface area contributed by atoms with Crippen LogP contribution < -0.4 is 5.32 Å². The highest BCUT2D eigenvalue weighted by Crippen LogP contribution is 2.42. The van der Waals surface area contributed by atoms with Crippen LogP contribution in [0.1, 0.15) is 32.6 Å². The SMILES string of the molecule is CCCCCCNc1c(F)c(F)c(F)c2c(F)c3c(F)c(F)c(F)c(F)c3c(F)c12. The Morgan fingerprint density at radius 1 is 0.467 bits per heavy atom. The van der Waals surface area contributed by atoms with Gasteiger partial charge in [0.2, 0.25) is 0 Å². The fourth-order valence-electron chi connectivity index (χ4n) is 3.31. The van der Waals surface area contributed by atoms with Gasteiger partial charge in [0.25, 0.3) is 0 Å². The molecule has 3 aromatic rings. The third kappa shape index (κ3) is 3.22. The summed E-state index contributed by atoms with van der Waals surface area (Å²) < 4.78 is 128. The summed E-state index contributed by atoms with van der Waals surface area (Å²) in [5.41, 5.74) is -1.04. The molecular weight excluding hydrogens is 425 g/mol. The Balaban J connectivity index is 2.40. The van der Waals surface area contributed by atoms with E-state index in [9.17, 15) is 35.1 Å². The molecule has 0 bridgehead atoms. The van der Waals surface area contributed by atoms with Crippen LogP contribution in [0.15, 0.2) is 0 Å². The number of halogens is 9. The van der Waals surface area contributed by atoms with Gasteiger partial charge in [0.05, 0.1) is 27.2 Å². The monoisotopic (exact) mass is 439 g/mol. The molecule has 0 unspecified atom stereocenters. The number of rotatable bonds is 6. The molecule has 0 spiro atoms. The lowest BCUT2D eigenvalue weighted by atomic mass is 9.98. The lowest BCUT2D eigenvalue weighted by Crippen LogP contribution is -2.10. The summed E-state index contributed by atoms with van der Waals surface area (Å²) in [4.78, 5) is 0. The van der Waals surface area contributed by atoms with Crippen molar-refractivity contribution < 1.29 is 39.5 Å². The van der Waals surface area contributed by atoms with Gasteiger partial charge in [0, 0.05) is 6.54 Å². The zero-order valence-electron chi connectivity index (χ0n) is 15.4. The molecule has 10 heteroatoms. The average molecular weight is 439 g/mol. The van der Waals surface area contributed by atoms with E-state index in [2.05, 4.69) is 5.32 Å². The summed E-state index contributed by atoms with van der Waals surface area (Å²) >= 11 is 0. The molecule has 1 N–H and O–H groups in total. The van der Waals surface area contributed by atoms with Gasteiger partial charge < -0.3 is 5.32 Å². The summed E-state index contributed by atoms with van der Waals surface area (Å²) in [5, 5.41) is -3.97. The van der Waals surface area contributed by atoms with Crippen molar-refractivity contribution in [1.29, 1.82) is 0 Å². The molecule has 0 heterocycles. The molecule has 30 heavy (non-hydrogen) atoms. The summed E-state index contributed by atoms with van der Waals surface area (Å²) in [7, 11) is 0. The first-order chi connectivity index (χ1) is 14.1. The van der Waals surface area contributed by atoms with E-state index in [0.29, 0.717) is 12.8 Å². The molecule has 0 amide bonds. The summed E-state index contributed by atoms with van der Waals surface area (Å²) in [6.07, 6.45) is 2.69. The molecule has 3 rings (SSSR count). The quantitative estimate of drug-likeness (QED) is 0.140. The molecule has 0 aliphatic rings. The van der Waals surface area contributed by atoms with Crippen molar-refractivity contribution >= 4 is 27.2 Å². The number of anilines is 1. The smallest absolute Gasteiger partial charge is 0.198 e. The number of nitrogens with one attached hydrogen (secondary N) is 1. The van der Waals surface area contributed by atoms with Gasteiger partial charge in [-0.05, 0) is 6.42 Å². The van der Waals surface area contributed by atoms with Crippen molar-refractivity contribution in [1.82, 2.24) is 0 Å². The highest BCUT2D eigenvalue weighted by Gasteiger charge is 2.32. The first-order valence-corrected chi connectivity index (χ1v) is 9.01. The van der Waals surface area contributed by atoms with Crippen LogP contribution in [0.5, 0.6) is 0 Å². The second-order valence-electron chi connectivity index (χ2n) is 6.69. The lowest BCUT2D eigenvalue weighted by molar-refractivity contribution is 0.414. The van der Waals surface area contributed by atoms with Crippen molar-refractivity contribution in [3.05, 3.63) is 52.4 Å². The molecule has 0 radical (unpaired) electrons.